The van der Waals surface area contributed by atoms with Gasteiger partial charge in [0.1, 0.15) is 17.1 Å². The average molecular weight is 469 g/mol. The van der Waals surface area contributed by atoms with Crippen molar-refractivity contribution in [1.82, 2.24) is 5.32 Å². The quantitative estimate of drug-likeness (QED) is 0.474. The first-order valence-corrected chi connectivity index (χ1v) is 11.1. The number of hydrogen-bond donors (Lipinski definition) is 2. The molecule has 0 saturated carbocycles. The lowest BCUT2D eigenvalue weighted by Gasteiger charge is -2.33. The summed E-state index contributed by atoms with van der Waals surface area (Å²) in [4.78, 5) is 13.6. The Balaban J connectivity index is 1.62. The van der Waals surface area contributed by atoms with Crippen LogP contribution in [0.5, 0.6) is 0 Å². The summed E-state index contributed by atoms with van der Waals surface area (Å²) < 4.78 is 28.7. The standard InChI is InChI=1S/C23H24Cl2F2N2O2/c1-3-18(30)28-17-7-4-12-10-13(5-6-14(12)17)29-9-8-23(2,22(29)31)15-11-16(24)21(27)19(25)20(15)26/h5-6,10-11,17,22,31H,3-4,7-9H2,1-2H3,(H,28,30). The van der Waals surface area contributed by atoms with E-state index in [-0.39, 0.29) is 22.5 Å². The molecule has 0 radical (unpaired) electrons. The van der Waals surface area contributed by atoms with Crippen LogP contribution in [0.25, 0.3) is 0 Å². The highest BCUT2D eigenvalue weighted by molar-refractivity contribution is 6.35. The predicted molar refractivity (Wildman–Crippen MR) is 118 cm³/mol. The highest BCUT2D eigenvalue weighted by atomic mass is 35.5. The molecule has 31 heavy (non-hydrogen) atoms. The minimum atomic E-state index is -1.05. The Morgan fingerprint density at radius 2 is 2.03 bits per heavy atom. The number of halogens is 4. The van der Waals surface area contributed by atoms with Crippen molar-refractivity contribution in [1.29, 1.82) is 0 Å². The summed E-state index contributed by atoms with van der Waals surface area (Å²) >= 11 is 11.7. The summed E-state index contributed by atoms with van der Waals surface area (Å²) in [6.45, 7) is 4.03. The molecule has 1 saturated heterocycles. The lowest BCUT2D eigenvalue weighted by molar-refractivity contribution is -0.121. The number of benzene rings is 2. The molecular weight excluding hydrogens is 445 g/mol. The number of carbonyl (C=O) groups is 1. The third-order valence-corrected chi connectivity index (χ3v) is 7.25. The van der Waals surface area contributed by atoms with Gasteiger partial charge in [-0.1, -0.05) is 43.1 Å². The number of aliphatic hydroxyl groups excluding tert-OH is 1. The number of aryl methyl sites for hydroxylation is 1. The second kappa shape index (κ2) is 8.23. The fraction of sp³-hybridized carbons (Fsp3) is 0.435. The van der Waals surface area contributed by atoms with Gasteiger partial charge >= 0.3 is 0 Å². The van der Waals surface area contributed by atoms with Crippen molar-refractivity contribution < 1.29 is 18.7 Å². The molecule has 2 N–H and O–H groups in total. The van der Waals surface area contributed by atoms with E-state index in [1.807, 2.05) is 30.0 Å². The van der Waals surface area contributed by atoms with E-state index in [4.69, 9.17) is 23.2 Å². The Morgan fingerprint density at radius 1 is 1.29 bits per heavy atom. The van der Waals surface area contributed by atoms with Gasteiger partial charge in [-0.15, -0.1) is 0 Å². The fourth-order valence-corrected chi connectivity index (χ4v) is 5.17. The van der Waals surface area contributed by atoms with E-state index in [0.29, 0.717) is 19.4 Å². The number of hydrogen-bond acceptors (Lipinski definition) is 3. The Labute approximate surface area is 190 Å². The molecule has 0 aromatic heterocycles. The van der Waals surface area contributed by atoms with Crippen molar-refractivity contribution >= 4 is 34.8 Å². The Hall–Kier alpha value is -1.89. The highest BCUT2D eigenvalue weighted by Gasteiger charge is 2.47. The van der Waals surface area contributed by atoms with Crippen molar-refractivity contribution in [2.75, 3.05) is 11.4 Å². The van der Waals surface area contributed by atoms with Crippen molar-refractivity contribution in [3.05, 3.63) is 62.6 Å². The Morgan fingerprint density at radius 3 is 2.74 bits per heavy atom. The SMILES string of the molecule is CCC(=O)NC1CCc2cc(N3CCC(C)(c4cc(Cl)c(F)c(Cl)c4F)C3O)ccc21. The third-order valence-electron chi connectivity index (χ3n) is 6.65. The molecule has 1 fully saturated rings. The zero-order valence-corrected chi connectivity index (χ0v) is 18.8. The monoisotopic (exact) mass is 468 g/mol. The molecule has 1 heterocycles. The molecule has 166 valence electrons. The van der Waals surface area contributed by atoms with Gasteiger partial charge in [0.15, 0.2) is 5.82 Å². The van der Waals surface area contributed by atoms with E-state index in [9.17, 15) is 18.7 Å². The Kier molecular flexibility index (Phi) is 5.92. The summed E-state index contributed by atoms with van der Waals surface area (Å²) in [5.41, 5.74) is 2.12. The minimum absolute atomic E-state index is 0.00265. The van der Waals surface area contributed by atoms with Gasteiger partial charge in [-0.2, -0.15) is 0 Å². The minimum Gasteiger partial charge on any atom is -0.373 e. The first-order chi connectivity index (χ1) is 14.7. The maximum atomic E-state index is 14.8. The number of rotatable bonds is 4. The smallest absolute Gasteiger partial charge is 0.220 e. The number of nitrogens with zero attached hydrogens (tertiary/aromatic N) is 1. The van der Waals surface area contributed by atoms with Crippen molar-refractivity contribution in [3.63, 3.8) is 0 Å². The predicted octanol–water partition coefficient (Wildman–Crippen LogP) is 5.27. The summed E-state index contributed by atoms with van der Waals surface area (Å²) in [5.74, 6) is -1.87. The van der Waals surface area contributed by atoms with Crippen LogP contribution in [-0.4, -0.2) is 23.8 Å². The second-order valence-electron chi connectivity index (χ2n) is 8.48. The summed E-state index contributed by atoms with van der Waals surface area (Å²) in [5, 5.41) is 13.3. The molecule has 8 heteroatoms. The van der Waals surface area contributed by atoms with Crippen LogP contribution in [-0.2, 0) is 16.6 Å². The average Bonchev–Trinajstić information content (AvgIpc) is 3.29. The molecule has 2 aliphatic rings. The number of anilines is 1. The van der Waals surface area contributed by atoms with Gasteiger partial charge in [-0.05, 0) is 48.6 Å². The molecule has 1 aliphatic carbocycles. The lowest BCUT2D eigenvalue weighted by Crippen LogP contribution is -2.41. The second-order valence-corrected chi connectivity index (χ2v) is 9.26. The van der Waals surface area contributed by atoms with Crippen molar-refractivity contribution in [2.24, 2.45) is 0 Å². The topological polar surface area (TPSA) is 52.6 Å². The van der Waals surface area contributed by atoms with E-state index in [2.05, 4.69) is 5.32 Å². The van der Waals surface area contributed by atoms with Gasteiger partial charge in [0, 0.05) is 29.6 Å². The molecule has 4 nitrogen and oxygen atoms in total. The van der Waals surface area contributed by atoms with Gasteiger partial charge < -0.3 is 15.3 Å². The number of carbonyl (C=O) groups excluding carboxylic acids is 1. The third kappa shape index (κ3) is 3.69. The van der Waals surface area contributed by atoms with E-state index in [1.165, 1.54) is 6.07 Å². The zero-order valence-electron chi connectivity index (χ0n) is 17.3. The van der Waals surface area contributed by atoms with E-state index in [0.717, 1.165) is 29.7 Å². The largest absolute Gasteiger partial charge is 0.373 e. The number of nitrogens with one attached hydrogen (secondary N) is 1. The van der Waals surface area contributed by atoms with Crippen LogP contribution in [0.1, 0.15) is 55.8 Å². The van der Waals surface area contributed by atoms with Crippen LogP contribution >= 0.6 is 23.2 Å². The first-order valence-electron chi connectivity index (χ1n) is 10.4. The first kappa shape index (κ1) is 22.3. The molecule has 1 amide bonds. The lowest BCUT2D eigenvalue weighted by atomic mass is 9.80. The number of aliphatic hydroxyl groups is 1. The van der Waals surface area contributed by atoms with E-state index < -0.39 is 28.3 Å². The molecule has 2 aromatic carbocycles. The van der Waals surface area contributed by atoms with E-state index in [1.54, 1.807) is 6.92 Å². The van der Waals surface area contributed by atoms with Gasteiger partial charge in [-0.25, -0.2) is 8.78 Å². The van der Waals surface area contributed by atoms with Gasteiger partial charge in [0.25, 0.3) is 0 Å². The van der Waals surface area contributed by atoms with Gasteiger partial charge in [0.05, 0.1) is 11.1 Å². The summed E-state index contributed by atoms with van der Waals surface area (Å²) in [7, 11) is 0. The molecule has 3 atom stereocenters. The maximum absolute atomic E-state index is 14.8. The van der Waals surface area contributed by atoms with Crippen LogP contribution in [0.2, 0.25) is 10.0 Å². The summed E-state index contributed by atoms with van der Waals surface area (Å²) in [6, 6.07) is 7.12. The van der Waals surface area contributed by atoms with Crippen LogP contribution < -0.4 is 10.2 Å². The van der Waals surface area contributed by atoms with Gasteiger partial charge in [0.2, 0.25) is 5.91 Å². The maximum Gasteiger partial charge on any atom is 0.220 e. The normalized spacial score (nSPS) is 25.1. The van der Waals surface area contributed by atoms with Crippen LogP contribution in [0.3, 0.4) is 0 Å². The van der Waals surface area contributed by atoms with Gasteiger partial charge in [-0.3, -0.25) is 4.79 Å². The van der Waals surface area contributed by atoms with E-state index >= 15 is 0 Å². The molecule has 2 aromatic rings. The number of amides is 1. The Bertz CT molecular complexity index is 1050. The number of fused-ring (bicyclic) bond motifs is 1. The molecule has 1 aliphatic heterocycles. The zero-order chi connectivity index (χ0) is 22.5. The molecule has 0 bridgehead atoms. The molecular formula is C23H24Cl2F2N2O2. The van der Waals surface area contributed by atoms with Crippen molar-refractivity contribution in [2.45, 2.75) is 57.2 Å². The summed E-state index contributed by atoms with van der Waals surface area (Å²) in [6.07, 6.45) is 1.50. The molecule has 0 spiro atoms. The molecule has 4 rings (SSSR count). The van der Waals surface area contributed by atoms with Crippen LogP contribution in [0.4, 0.5) is 14.5 Å². The highest BCUT2D eigenvalue weighted by Crippen LogP contribution is 2.45. The fourth-order valence-electron chi connectivity index (χ4n) is 4.71. The van der Waals surface area contributed by atoms with Crippen LogP contribution in [0.15, 0.2) is 24.3 Å². The van der Waals surface area contributed by atoms with Crippen molar-refractivity contribution in [3.8, 4) is 0 Å². The molecule has 3 unspecified atom stereocenters. The van der Waals surface area contributed by atoms with Crippen LogP contribution in [0, 0.1) is 11.6 Å².